The zero-order valence-corrected chi connectivity index (χ0v) is 25.2. The molecular formula is C31H26ClN3O4S2. The van der Waals surface area contributed by atoms with Crippen molar-refractivity contribution in [3.05, 3.63) is 108 Å². The van der Waals surface area contributed by atoms with Gasteiger partial charge in [0.15, 0.2) is 4.80 Å². The number of hydrogen-bond donors (Lipinski definition) is 0. The lowest BCUT2D eigenvalue weighted by atomic mass is 9.95. The number of carbonyl (C=O) groups is 1. The average molecular weight is 604 g/mol. The Balaban J connectivity index is 1.50. The van der Waals surface area contributed by atoms with Gasteiger partial charge in [0.2, 0.25) is 0 Å². The standard InChI is InChI=1S/C31H26ClN3O4S2/c1-5-39-30(37)27-17(2)33-31-35(28(27)20-16-19(32)11-13-23(20)38-4)29(36)26(41-31)15-18-10-12-22-25(14-18)40-24-9-7-6-8-21(24)34(22)3/h6-16,28H,5H2,1-4H3/b26-15-/t28-/m0/s1. The van der Waals surface area contributed by atoms with Crippen LogP contribution in [-0.2, 0) is 9.53 Å². The normalized spacial score (nSPS) is 16.1. The second-order valence-corrected chi connectivity index (χ2v) is 12.1. The van der Waals surface area contributed by atoms with Crippen LogP contribution in [-0.4, -0.2) is 31.3 Å². The number of nitrogens with zero attached hydrogens (tertiary/aromatic N) is 3. The maximum atomic E-state index is 14.0. The molecule has 1 atom stereocenters. The number of allylic oxidation sites excluding steroid dienone is 1. The van der Waals surface area contributed by atoms with Crippen molar-refractivity contribution < 1.29 is 14.3 Å². The van der Waals surface area contributed by atoms with E-state index in [1.807, 2.05) is 24.3 Å². The SMILES string of the molecule is CCOC(=O)C1=C(C)N=c2s/c(=C\c3ccc4c(c3)Sc3ccccc3N4C)c(=O)n2[C@H]1c1cc(Cl)ccc1OC. The quantitative estimate of drug-likeness (QED) is 0.273. The van der Waals surface area contributed by atoms with Gasteiger partial charge in [-0.3, -0.25) is 9.36 Å². The third-order valence-electron chi connectivity index (χ3n) is 7.09. The van der Waals surface area contributed by atoms with Gasteiger partial charge in [0.05, 0.1) is 40.9 Å². The number of aromatic nitrogens is 1. The number of anilines is 2. The van der Waals surface area contributed by atoms with E-state index in [1.54, 1.807) is 55.5 Å². The minimum atomic E-state index is -0.815. The Morgan fingerprint density at radius 2 is 1.88 bits per heavy atom. The molecule has 0 fully saturated rings. The summed E-state index contributed by atoms with van der Waals surface area (Å²) in [5.41, 5.74) is 4.24. The summed E-state index contributed by atoms with van der Waals surface area (Å²) in [4.78, 5) is 36.9. The molecule has 6 rings (SSSR count). The van der Waals surface area contributed by atoms with Crippen LogP contribution in [0.1, 0.15) is 31.0 Å². The Bertz CT molecular complexity index is 1930. The molecule has 10 heteroatoms. The van der Waals surface area contributed by atoms with E-state index < -0.39 is 12.0 Å². The van der Waals surface area contributed by atoms with E-state index in [9.17, 15) is 9.59 Å². The summed E-state index contributed by atoms with van der Waals surface area (Å²) in [6, 6.07) is 18.8. The zero-order chi connectivity index (χ0) is 28.8. The molecule has 0 aliphatic carbocycles. The lowest BCUT2D eigenvalue weighted by Crippen LogP contribution is -2.40. The number of methoxy groups -OCH3 is 1. The lowest BCUT2D eigenvalue weighted by molar-refractivity contribution is -0.139. The molecule has 0 bridgehead atoms. The summed E-state index contributed by atoms with van der Waals surface area (Å²) >= 11 is 9.38. The molecule has 0 saturated carbocycles. The van der Waals surface area contributed by atoms with E-state index in [0.29, 0.717) is 31.4 Å². The van der Waals surface area contributed by atoms with Gasteiger partial charge in [-0.2, -0.15) is 0 Å². The van der Waals surface area contributed by atoms with E-state index in [-0.39, 0.29) is 17.7 Å². The lowest BCUT2D eigenvalue weighted by Gasteiger charge is -2.29. The molecule has 0 saturated heterocycles. The molecule has 0 unspecified atom stereocenters. The van der Waals surface area contributed by atoms with Crippen LogP contribution < -0.4 is 24.5 Å². The van der Waals surface area contributed by atoms with Crippen molar-refractivity contribution in [2.75, 3.05) is 25.7 Å². The van der Waals surface area contributed by atoms with Crippen LogP contribution >= 0.6 is 34.7 Å². The summed E-state index contributed by atoms with van der Waals surface area (Å²) < 4.78 is 13.1. The topological polar surface area (TPSA) is 73.1 Å². The second kappa shape index (κ2) is 10.9. The van der Waals surface area contributed by atoms with E-state index >= 15 is 0 Å². The highest BCUT2D eigenvalue weighted by Crippen LogP contribution is 2.47. The van der Waals surface area contributed by atoms with Gasteiger partial charge in [0, 0.05) is 27.4 Å². The summed E-state index contributed by atoms with van der Waals surface area (Å²) in [7, 11) is 3.60. The van der Waals surface area contributed by atoms with Crippen molar-refractivity contribution in [3.8, 4) is 5.75 Å². The van der Waals surface area contributed by atoms with Crippen LogP contribution in [0, 0.1) is 0 Å². The molecule has 0 amide bonds. The minimum absolute atomic E-state index is 0.190. The monoisotopic (exact) mass is 603 g/mol. The van der Waals surface area contributed by atoms with Crippen molar-refractivity contribution in [1.82, 2.24) is 4.57 Å². The Hall–Kier alpha value is -3.79. The van der Waals surface area contributed by atoms with Gasteiger partial charge in [-0.15, -0.1) is 0 Å². The number of ether oxygens (including phenoxy) is 2. The van der Waals surface area contributed by atoms with Gasteiger partial charge >= 0.3 is 5.97 Å². The number of para-hydroxylation sites is 1. The molecule has 208 valence electrons. The molecule has 7 nitrogen and oxygen atoms in total. The Kier molecular flexibility index (Phi) is 7.27. The first-order chi connectivity index (χ1) is 19.8. The van der Waals surface area contributed by atoms with Crippen molar-refractivity contribution in [2.24, 2.45) is 4.99 Å². The first-order valence-electron chi connectivity index (χ1n) is 13.0. The Morgan fingerprint density at radius 3 is 2.66 bits per heavy atom. The fourth-order valence-corrected chi connectivity index (χ4v) is 7.63. The third kappa shape index (κ3) is 4.77. The first kappa shape index (κ1) is 27.4. The number of hydrogen-bond acceptors (Lipinski definition) is 8. The van der Waals surface area contributed by atoms with Gasteiger partial charge in [-0.25, -0.2) is 9.79 Å². The predicted octanol–water partition coefficient (Wildman–Crippen LogP) is 5.69. The third-order valence-corrected chi connectivity index (χ3v) is 9.42. The number of carbonyl (C=O) groups excluding carboxylic acids is 1. The number of esters is 1. The van der Waals surface area contributed by atoms with Crippen molar-refractivity contribution in [2.45, 2.75) is 29.7 Å². The van der Waals surface area contributed by atoms with E-state index in [2.05, 4.69) is 41.2 Å². The Morgan fingerprint density at radius 1 is 1.10 bits per heavy atom. The van der Waals surface area contributed by atoms with Crippen molar-refractivity contribution in [3.63, 3.8) is 0 Å². The fraction of sp³-hybridized carbons (Fsp3) is 0.194. The summed E-state index contributed by atoms with van der Waals surface area (Å²) in [6.45, 7) is 3.68. The largest absolute Gasteiger partial charge is 0.496 e. The van der Waals surface area contributed by atoms with Gasteiger partial charge in [-0.05, 0) is 68.0 Å². The van der Waals surface area contributed by atoms with Crippen LogP contribution in [0.4, 0.5) is 11.4 Å². The molecule has 1 aromatic heterocycles. The highest BCUT2D eigenvalue weighted by molar-refractivity contribution is 7.99. The van der Waals surface area contributed by atoms with Crippen molar-refractivity contribution >= 4 is 58.1 Å². The van der Waals surface area contributed by atoms with Crippen LogP contribution in [0.15, 0.2) is 91.5 Å². The summed E-state index contributed by atoms with van der Waals surface area (Å²) in [5.74, 6) is -0.0345. The fourth-order valence-electron chi connectivity index (χ4n) is 5.20. The minimum Gasteiger partial charge on any atom is -0.496 e. The van der Waals surface area contributed by atoms with E-state index in [0.717, 1.165) is 21.8 Å². The predicted molar refractivity (Wildman–Crippen MR) is 163 cm³/mol. The Labute approximate surface area is 250 Å². The highest BCUT2D eigenvalue weighted by atomic mass is 35.5. The van der Waals surface area contributed by atoms with Gasteiger partial charge in [0.25, 0.3) is 5.56 Å². The van der Waals surface area contributed by atoms with E-state index in [1.165, 1.54) is 16.2 Å². The molecule has 0 radical (unpaired) electrons. The molecule has 41 heavy (non-hydrogen) atoms. The summed E-state index contributed by atoms with van der Waals surface area (Å²) in [6.07, 6.45) is 1.88. The molecule has 0 spiro atoms. The van der Waals surface area contributed by atoms with Crippen LogP contribution in [0.25, 0.3) is 6.08 Å². The smallest absolute Gasteiger partial charge is 0.338 e. The second-order valence-electron chi connectivity index (χ2n) is 9.54. The average Bonchev–Trinajstić information content (AvgIpc) is 3.26. The van der Waals surface area contributed by atoms with E-state index in [4.69, 9.17) is 21.1 Å². The zero-order valence-electron chi connectivity index (χ0n) is 22.8. The maximum absolute atomic E-state index is 14.0. The number of thiazole rings is 1. The molecular weight excluding hydrogens is 578 g/mol. The maximum Gasteiger partial charge on any atom is 0.338 e. The molecule has 3 heterocycles. The molecule has 4 aromatic rings. The van der Waals surface area contributed by atoms with Crippen LogP contribution in [0.3, 0.4) is 0 Å². The number of rotatable bonds is 5. The van der Waals surface area contributed by atoms with Gasteiger partial charge < -0.3 is 14.4 Å². The number of halogens is 1. The molecule has 3 aromatic carbocycles. The van der Waals surface area contributed by atoms with Gasteiger partial charge in [-0.1, -0.05) is 52.9 Å². The van der Waals surface area contributed by atoms with Gasteiger partial charge in [0.1, 0.15) is 11.8 Å². The highest BCUT2D eigenvalue weighted by Gasteiger charge is 2.35. The van der Waals surface area contributed by atoms with Crippen LogP contribution in [0.2, 0.25) is 5.02 Å². The molecule has 0 N–H and O–H groups in total. The van der Waals surface area contributed by atoms with Crippen LogP contribution in [0.5, 0.6) is 5.75 Å². The number of fused-ring (bicyclic) bond motifs is 3. The first-order valence-corrected chi connectivity index (χ1v) is 15.0. The summed E-state index contributed by atoms with van der Waals surface area (Å²) in [5, 5.41) is 0.457. The molecule has 2 aliphatic heterocycles. The number of benzene rings is 3. The molecule has 2 aliphatic rings. The van der Waals surface area contributed by atoms with Crippen molar-refractivity contribution in [1.29, 1.82) is 0 Å².